The smallest absolute Gasteiger partial charge is 0.308 e. The van der Waals surface area contributed by atoms with E-state index in [2.05, 4.69) is 10.3 Å². The molecule has 1 aliphatic carbocycles. The van der Waals surface area contributed by atoms with Crippen LogP contribution in [0.25, 0.3) is 5.65 Å². The summed E-state index contributed by atoms with van der Waals surface area (Å²) in [7, 11) is 0. The summed E-state index contributed by atoms with van der Waals surface area (Å²) in [5.74, 6) is -1.65. The third kappa shape index (κ3) is 2.49. The van der Waals surface area contributed by atoms with Crippen molar-refractivity contribution in [1.82, 2.24) is 14.7 Å². The molecule has 2 aromatic rings. The summed E-state index contributed by atoms with van der Waals surface area (Å²) in [5, 5.41) is 12.0. The van der Waals surface area contributed by atoms with Crippen LogP contribution in [0.5, 0.6) is 0 Å². The number of imidazole rings is 1. The molecule has 0 radical (unpaired) electrons. The second-order valence-electron chi connectivity index (χ2n) is 5.48. The normalized spacial score (nSPS) is 21.6. The van der Waals surface area contributed by atoms with Crippen LogP contribution < -0.4 is 5.32 Å². The van der Waals surface area contributed by atoms with Crippen molar-refractivity contribution in [3.8, 4) is 0 Å². The van der Waals surface area contributed by atoms with Gasteiger partial charge in [-0.05, 0) is 31.9 Å². The number of aliphatic carboxylic acids is 1. The molecule has 110 valence electrons. The zero-order chi connectivity index (χ0) is 15.0. The molecule has 0 spiro atoms. The Labute approximate surface area is 121 Å². The van der Waals surface area contributed by atoms with Crippen LogP contribution >= 0.6 is 0 Å². The number of carbonyl (C=O) groups excluding carboxylic acids is 1. The molecule has 2 heterocycles. The van der Waals surface area contributed by atoms with Crippen LogP contribution in [0.4, 0.5) is 0 Å². The van der Waals surface area contributed by atoms with Crippen LogP contribution in [0.15, 0.2) is 24.4 Å². The molecular weight excluding hydrogens is 270 g/mol. The number of fused-ring (bicyclic) bond motifs is 1. The summed E-state index contributed by atoms with van der Waals surface area (Å²) in [6, 6.07) is 5.35. The molecule has 1 aliphatic rings. The predicted octanol–water partition coefficient (Wildman–Crippen LogP) is 1.63. The molecule has 0 bridgehead atoms. The number of aromatic nitrogens is 2. The van der Waals surface area contributed by atoms with Crippen LogP contribution in [0.3, 0.4) is 0 Å². The number of nitrogens with zero attached hydrogens (tertiary/aromatic N) is 2. The van der Waals surface area contributed by atoms with Crippen LogP contribution in [0.2, 0.25) is 0 Å². The molecule has 0 saturated heterocycles. The van der Waals surface area contributed by atoms with E-state index in [9.17, 15) is 9.59 Å². The van der Waals surface area contributed by atoms with Crippen molar-refractivity contribution in [2.75, 3.05) is 0 Å². The Morgan fingerprint density at radius 1 is 1.38 bits per heavy atom. The Balaban J connectivity index is 1.81. The standard InChI is InChI=1S/C15H17N3O3/c1-9-4-2-7-13-16-12(8-18(9)13)14(19)17-11-6-3-5-10(11)15(20)21/h2,4,7-8,10-11H,3,5-6H2,1H3,(H,17,19)(H,20,21)/t10-,11-/m1/s1. The molecule has 1 fully saturated rings. The van der Waals surface area contributed by atoms with E-state index in [0.29, 0.717) is 24.2 Å². The van der Waals surface area contributed by atoms with Gasteiger partial charge in [-0.1, -0.05) is 12.5 Å². The van der Waals surface area contributed by atoms with Gasteiger partial charge in [0.1, 0.15) is 11.3 Å². The third-order valence-corrected chi connectivity index (χ3v) is 4.08. The quantitative estimate of drug-likeness (QED) is 0.898. The zero-order valence-electron chi connectivity index (χ0n) is 11.7. The molecule has 0 aliphatic heterocycles. The van der Waals surface area contributed by atoms with E-state index >= 15 is 0 Å². The highest BCUT2D eigenvalue weighted by Crippen LogP contribution is 2.26. The van der Waals surface area contributed by atoms with Crippen molar-refractivity contribution in [2.24, 2.45) is 5.92 Å². The lowest BCUT2D eigenvalue weighted by Gasteiger charge is -2.16. The van der Waals surface area contributed by atoms with Crippen LogP contribution in [-0.2, 0) is 4.79 Å². The maximum absolute atomic E-state index is 12.3. The molecular formula is C15H17N3O3. The molecule has 0 aromatic carbocycles. The Bertz CT molecular complexity index is 707. The summed E-state index contributed by atoms with van der Waals surface area (Å²) in [4.78, 5) is 27.7. The van der Waals surface area contributed by atoms with Crippen molar-refractivity contribution >= 4 is 17.5 Å². The van der Waals surface area contributed by atoms with Crippen molar-refractivity contribution in [3.05, 3.63) is 35.8 Å². The monoisotopic (exact) mass is 287 g/mol. The summed E-state index contributed by atoms with van der Waals surface area (Å²) in [6.45, 7) is 1.94. The summed E-state index contributed by atoms with van der Waals surface area (Å²) in [6.07, 6.45) is 3.83. The van der Waals surface area contributed by atoms with Crippen LogP contribution in [0, 0.1) is 12.8 Å². The summed E-state index contributed by atoms with van der Waals surface area (Å²) >= 11 is 0. The third-order valence-electron chi connectivity index (χ3n) is 4.08. The number of nitrogens with one attached hydrogen (secondary N) is 1. The largest absolute Gasteiger partial charge is 0.481 e. The molecule has 2 aromatic heterocycles. The second-order valence-corrected chi connectivity index (χ2v) is 5.48. The van der Waals surface area contributed by atoms with Gasteiger partial charge in [-0.15, -0.1) is 0 Å². The first-order valence-corrected chi connectivity index (χ1v) is 7.04. The SMILES string of the molecule is Cc1cccc2nc(C(=O)N[C@@H]3CCC[C@H]3C(=O)O)cn12. The number of hydrogen-bond donors (Lipinski definition) is 2. The van der Waals surface area contributed by atoms with Crippen LogP contribution in [-0.4, -0.2) is 32.4 Å². The number of carboxylic acids is 1. The van der Waals surface area contributed by atoms with E-state index in [0.717, 1.165) is 12.1 Å². The maximum atomic E-state index is 12.3. The second kappa shape index (κ2) is 5.20. The van der Waals surface area contributed by atoms with Crippen molar-refractivity contribution in [3.63, 3.8) is 0 Å². The van der Waals surface area contributed by atoms with Crippen molar-refractivity contribution in [1.29, 1.82) is 0 Å². The molecule has 2 atom stereocenters. The fourth-order valence-electron chi connectivity index (χ4n) is 2.93. The van der Waals surface area contributed by atoms with E-state index < -0.39 is 11.9 Å². The number of carboxylic acid groups (broad SMARTS) is 1. The average molecular weight is 287 g/mol. The molecule has 1 saturated carbocycles. The zero-order valence-corrected chi connectivity index (χ0v) is 11.7. The highest BCUT2D eigenvalue weighted by atomic mass is 16.4. The Morgan fingerprint density at radius 3 is 2.90 bits per heavy atom. The van der Waals surface area contributed by atoms with Crippen molar-refractivity contribution in [2.45, 2.75) is 32.2 Å². The lowest BCUT2D eigenvalue weighted by atomic mass is 10.0. The minimum atomic E-state index is -0.844. The van der Waals surface area contributed by atoms with Gasteiger partial charge < -0.3 is 14.8 Å². The van der Waals surface area contributed by atoms with Gasteiger partial charge in [-0.2, -0.15) is 0 Å². The Hall–Kier alpha value is -2.37. The van der Waals surface area contributed by atoms with E-state index in [-0.39, 0.29) is 11.9 Å². The maximum Gasteiger partial charge on any atom is 0.308 e. The van der Waals surface area contributed by atoms with Gasteiger partial charge in [0.15, 0.2) is 0 Å². The van der Waals surface area contributed by atoms with E-state index in [1.165, 1.54) is 0 Å². The fourth-order valence-corrected chi connectivity index (χ4v) is 2.93. The van der Waals surface area contributed by atoms with Gasteiger partial charge in [-0.25, -0.2) is 4.98 Å². The highest BCUT2D eigenvalue weighted by molar-refractivity contribution is 5.93. The minimum Gasteiger partial charge on any atom is -0.481 e. The van der Waals surface area contributed by atoms with Gasteiger partial charge in [0.25, 0.3) is 5.91 Å². The molecule has 6 nitrogen and oxygen atoms in total. The average Bonchev–Trinajstić information content (AvgIpc) is 3.05. The Morgan fingerprint density at radius 2 is 2.19 bits per heavy atom. The molecule has 21 heavy (non-hydrogen) atoms. The first-order valence-electron chi connectivity index (χ1n) is 7.04. The number of carbonyl (C=O) groups is 2. The van der Waals surface area contributed by atoms with Gasteiger partial charge in [0.2, 0.25) is 0 Å². The molecule has 1 amide bonds. The van der Waals surface area contributed by atoms with E-state index in [1.54, 1.807) is 6.20 Å². The number of rotatable bonds is 3. The number of pyridine rings is 1. The first-order chi connectivity index (χ1) is 10.1. The minimum absolute atomic E-state index is 0.305. The lowest BCUT2D eigenvalue weighted by Crippen LogP contribution is -2.40. The van der Waals surface area contributed by atoms with Gasteiger partial charge in [-0.3, -0.25) is 9.59 Å². The summed E-state index contributed by atoms with van der Waals surface area (Å²) in [5.41, 5.74) is 2.02. The lowest BCUT2D eigenvalue weighted by molar-refractivity contribution is -0.142. The van der Waals surface area contributed by atoms with E-state index in [1.807, 2.05) is 29.5 Å². The number of aryl methyl sites for hydroxylation is 1. The van der Waals surface area contributed by atoms with Gasteiger partial charge >= 0.3 is 5.97 Å². The number of hydrogen-bond acceptors (Lipinski definition) is 3. The Kier molecular flexibility index (Phi) is 3.37. The first kappa shape index (κ1) is 13.6. The fraction of sp³-hybridized carbons (Fsp3) is 0.400. The predicted molar refractivity (Wildman–Crippen MR) is 76.2 cm³/mol. The molecule has 6 heteroatoms. The molecule has 0 unspecified atom stereocenters. The van der Waals surface area contributed by atoms with E-state index in [4.69, 9.17) is 5.11 Å². The number of amides is 1. The van der Waals surface area contributed by atoms with Gasteiger partial charge in [0, 0.05) is 17.9 Å². The van der Waals surface area contributed by atoms with Crippen LogP contribution in [0.1, 0.15) is 35.4 Å². The van der Waals surface area contributed by atoms with Crippen molar-refractivity contribution < 1.29 is 14.7 Å². The summed E-state index contributed by atoms with van der Waals surface area (Å²) < 4.78 is 1.85. The molecule has 2 N–H and O–H groups in total. The highest BCUT2D eigenvalue weighted by Gasteiger charge is 2.34. The van der Waals surface area contributed by atoms with Gasteiger partial charge in [0.05, 0.1) is 5.92 Å². The topological polar surface area (TPSA) is 83.7 Å². The molecule has 3 rings (SSSR count).